The van der Waals surface area contributed by atoms with Gasteiger partial charge in [-0.3, -0.25) is 0 Å². The molecule has 6 heteroatoms. The predicted molar refractivity (Wildman–Crippen MR) is 71.8 cm³/mol. The van der Waals surface area contributed by atoms with Crippen molar-refractivity contribution in [3.63, 3.8) is 0 Å². The van der Waals surface area contributed by atoms with Gasteiger partial charge in [-0.15, -0.1) is 23.7 Å². The molecule has 94 valence electrons. The minimum atomic E-state index is 0. The van der Waals surface area contributed by atoms with E-state index >= 15 is 0 Å². The largest absolute Gasteiger partial charge is 0.333 e. The molecule has 0 saturated heterocycles. The Morgan fingerprint density at radius 1 is 1.47 bits per heavy atom. The van der Waals surface area contributed by atoms with Crippen LogP contribution in [0.15, 0.2) is 16.7 Å². The molecule has 17 heavy (non-hydrogen) atoms. The van der Waals surface area contributed by atoms with Crippen LogP contribution in [0, 0.1) is 6.92 Å². The number of thiophene rings is 1. The minimum Gasteiger partial charge on any atom is -0.333 e. The number of likely N-dealkylation sites (N-methyl/N-ethyl adjacent to an activating group) is 1. The highest BCUT2D eigenvalue weighted by molar-refractivity contribution is 7.15. The van der Waals surface area contributed by atoms with Crippen LogP contribution in [0.25, 0.3) is 10.8 Å². The molecule has 0 spiro atoms. The van der Waals surface area contributed by atoms with E-state index < -0.39 is 0 Å². The zero-order valence-electron chi connectivity index (χ0n) is 10.1. The van der Waals surface area contributed by atoms with Crippen molar-refractivity contribution in [1.82, 2.24) is 15.5 Å². The number of hydrogen-bond donors (Lipinski definition) is 1. The van der Waals surface area contributed by atoms with Gasteiger partial charge in [0.25, 0.3) is 5.89 Å². The van der Waals surface area contributed by atoms with Gasteiger partial charge < -0.3 is 9.84 Å². The lowest BCUT2D eigenvalue weighted by Gasteiger charge is -2.04. The lowest BCUT2D eigenvalue weighted by molar-refractivity contribution is 0.419. The SMILES string of the molecule is CNC(C)Cc1noc(-c2ccc(C)s2)n1.Cl. The van der Waals surface area contributed by atoms with E-state index in [0.29, 0.717) is 11.9 Å². The van der Waals surface area contributed by atoms with Crippen molar-refractivity contribution in [3.8, 4) is 10.8 Å². The number of rotatable bonds is 4. The van der Waals surface area contributed by atoms with Gasteiger partial charge in [0.15, 0.2) is 5.82 Å². The summed E-state index contributed by atoms with van der Waals surface area (Å²) in [5.74, 6) is 1.37. The molecule has 0 saturated carbocycles. The molecule has 2 aromatic heterocycles. The average Bonchev–Trinajstić information content (AvgIpc) is 2.87. The van der Waals surface area contributed by atoms with E-state index in [4.69, 9.17) is 4.52 Å². The monoisotopic (exact) mass is 273 g/mol. The van der Waals surface area contributed by atoms with Crippen LogP contribution < -0.4 is 5.32 Å². The van der Waals surface area contributed by atoms with E-state index in [0.717, 1.165) is 17.1 Å². The summed E-state index contributed by atoms with van der Waals surface area (Å²) >= 11 is 1.67. The quantitative estimate of drug-likeness (QED) is 0.931. The van der Waals surface area contributed by atoms with Crippen molar-refractivity contribution in [1.29, 1.82) is 0 Å². The standard InChI is InChI=1S/C11H15N3OS.ClH/c1-7(12-3)6-10-13-11(15-14-10)9-5-4-8(2)16-9;/h4-5,7,12H,6H2,1-3H3;1H. The fourth-order valence-electron chi connectivity index (χ4n) is 1.36. The lowest BCUT2D eigenvalue weighted by Crippen LogP contribution is -2.24. The summed E-state index contributed by atoms with van der Waals surface area (Å²) in [5, 5.41) is 7.12. The number of nitrogens with one attached hydrogen (secondary N) is 1. The molecule has 1 unspecified atom stereocenters. The van der Waals surface area contributed by atoms with Crippen LogP contribution in [0.4, 0.5) is 0 Å². The first-order valence-corrected chi connectivity index (χ1v) is 6.07. The van der Waals surface area contributed by atoms with Crippen molar-refractivity contribution < 1.29 is 4.52 Å². The first-order valence-electron chi connectivity index (χ1n) is 5.25. The number of hydrogen-bond acceptors (Lipinski definition) is 5. The third-order valence-electron chi connectivity index (χ3n) is 2.40. The van der Waals surface area contributed by atoms with E-state index in [-0.39, 0.29) is 12.4 Å². The van der Waals surface area contributed by atoms with E-state index in [2.05, 4.69) is 35.4 Å². The van der Waals surface area contributed by atoms with Crippen molar-refractivity contribution in [2.45, 2.75) is 26.3 Å². The van der Waals surface area contributed by atoms with Crippen LogP contribution in [0.5, 0.6) is 0 Å². The number of aromatic nitrogens is 2. The van der Waals surface area contributed by atoms with Gasteiger partial charge in [0.05, 0.1) is 4.88 Å². The van der Waals surface area contributed by atoms with Crippen molar-refractivity contribution in [2.75, 3.05) is 7.05 Å². The smallest absolute Gasteiger partial charge is 0.267 e. The van der Waals surface area contributed by atoms with Crippen molar-refractivity contribution in [2.24, 2.45) is 0 Å². The second-order valence-corrected chi connectivity index (χ2v) is 5.11. The van der Waals surface area contributed by atoms with Gasteiger partial charge in [0, 0.05) is 17.3 Å². The molecular formula is C11H16ClN3OS. The first kappa shape index (κ1) is 14.2. The van der Waals surface area contributed by atoms with E-state index in [1.807, 2.05) is 13.1 Å². The van der Waals surface area contributed by atoms with Crippen LogP contribution in [-0.2, 0) is 6.42 Å². The summed E-state index contributed by atoms with van der Waals surface area (Å²) in [6.45, 7) is 4.15. The summed E-state index contributed by atoms with van der Waals surface area (Å²) < 4.78 is 5.23. The summed E-state index contributed by atoms with van der Waals surface area (Å²) in [5.41, 5.74) is 0. The molecule has 2 rings (SSSR count). The second-order valence-electron chi connectivity index (χ2n) is 3.82. The molecule has 0 amide bonds. The summed E-state index contributed by atoms with van der Waals surface area (Å²) in [4.78, 5) is 6.66. The summed E-state index contributed by atoms with van der Waals surface area (Å²) in [6.07, 6.45) is 0.782. The van der Waals surface area contributed by atoms with Crippen LogP contribution in [0.2, 0.25) is 0 Å². The van der Waals surface area contributed by atoms with Crippen molar-refractivity contribution >= 4 is 23.7 Å². The lowest BCUT2D eigenvalue weighted by atomic mass is 10.2. The highest BCUT2D eigenvalue weighted by atomic mass is 35.5. The first-order chi connectivity index (χ1) is 7.69. The molecule has 2 heterocycles. The Morgan fingerprint density at radius 3 is 2.82 bits per heavy atom. The molecule has 2 aromatic rings. The molecule has 0 aliphatic carbocycles. The third kappa shape index (κ3) is 3.52. The molecule has 0 fully saturated rings. The molecule has 0 radical (unpaired) electrons. The molecular weight excluding hydrogens is 258 g/mol. The van der Waals surface area contributed by atoms with Crippen LogP contribution in [-0.4, -0.2) is 23.2 Å². The highest BCUT2D eigenvalue weighted by Gasteiger charge is 2.12. The fourth-order valence-corrected chi connectivity index (χ4v) is 2.15. The Balaban J connectivity index is 0.00000144. The van der Waals surface area contributed by atoms with Gasteiger partial charge in [-0.05, 0) is 33.0 Å². The molecule has 1 N–H and O–H groups in total. The van der Waals surface area contributed by atoms with Gasteiger partial charge in [0.2, 0.25) is 0 Å². The molecule has 0 aromatic carbocycles. The zero-order chi connectivity index (χ0) is 11.5. The Morgan fingerprint density at radius 2 is 2.24 bits per heavy atom. The van der Waals surface area contributed by atoms with Gasteiger partial charge in [0.1, 0.15) is 0 Å². The second kappa shape index (κ2) is 6.14. The average molecular weight is 274 g/mol. The molecule has 4 nitrogen and oxygen atoms in total. The molecule has 0 aliphatic rings. The zero-order valence-corrected chi connectivity index (χ0v) is 11.7. The van der Waals surface area contributed by atoms with Crippen molar-refractivity contribution in [3.05, 3.63) is 22.8 Å². The van der Waals surface area contributed by atoms with E-state index in [1.54, 1.807) is 11.3 Å². The maximum absolute atomic E-state index is 5.23. The maximum Gasteiger partial charge on any atom is 0.267 e. The normalized spacial score (nSPS) is 12.2. The van der Waals surface area contributed by atoms with E-state index in [1.165, 1.54) is 4.88 Å². The third-order valence-corrected chi connectivity index (χ3v) is 3.39. The topological polar surface area (TPSA) is 51.0 Å². The number of aryl methyl sites for hydroxylation is 1. The fraction of sp³-hybridized carbons (Fsp3) is 0.455. The minimum absolute atomic E-state index is 0. The Hall–Kier alpha value is -0.910. The highest BCUT2D eigenvalue weighted by Crippen LogP contribution is 2.25. The summed E-state index contributed by atoms with van der Waals surface area (Å²) in [6, 6.07) is 4.43. The van der Waals surface area contributed by atoms with Gasteiger partial charge in [-0.1, -0.05) is 5.16 Å². The van der Waals surface area contributed by atoms with E-state index in [9.17, 15) is 0 Å². The summed E-state index contributed by atoms with van der Waals surface area (Å²) in [7, 11) is 1.92. The maximum atomic E-state index is 5.23. The molecule has 0 bridgehead atoms. The van der Waals surface area contributed by atoms with Crippen LogP contribution in [0.1, 0.15) is 17.6 Å². The van der Waals surface area contributed by atoms with Gasteiger partial charge in [-0.25, -0.2) is 0 Å². The van der Waals surface area contributed by atoms with Gasteiger partial charge in [-0.2, -0.15) is 4.98 Å². The Kier molecular flexibility index (Phi) is 5.11. The number of nitrogens with zero attached hydrogens (tertiary/aromatic N) is 2. The van der Waals surface area contributed by atoms with Gasteiger partial charge >= 0.3 is 0 Å². The van der Waals surface area contributed by atoms with Crippen LogP contribution >= 0.6 is 23.7 Å². The van der Waals surface area contributed by atoms with Crippen LogP contribution in [0.3, 0.4) is 0 Å². The Labute approximate surface area is 111 Å². The molecule has 1 atom stereocenters. The Bertz CT molecular complexity index is 469. The number of halogens is 1. The predicted octanol–water partition coefficient (Wildman–Crippen LogP) is 2.68. The molecule has 0 aliphatic heterocycles.